The summed E-state index contributed by atoms with van der Waals surface area (Å²) in [6.07, 6.45) is 88.5. The number of allylic oxidation sites excluding steroid dienone is 3. The quantitative estimate of drug-likeness (QED) is 0.0320. The van der Waals surface area contributed by atoms with Gasteiger partial charge in [-0.05, 0) is 57.8 Å². The zero-order valence-corrected chi connectivity index (χ0v) is 54.3. The molecule has 474 valence electrons. The van der Waals surface area contributed by atoms with Crippen LogP contribution in [0.1, 0.15) is 412 Å². The van der Waals surface area contributed by atoms with E-state index in [1.807, 2.05) is 6.08 Å². The van der Waals surface area contributed by atoms with Crippen molar-refractivity contribution < 1.29 is 24.5 Å². The van der Waals surface area contributed by atoms with Gasteiger partial charge in [0.1, 0.15) is 0 Å². The van der Waals surface area contributed by atoms with Crippen LogP contribution in [0.5, 0.6) is 0 Å². The van der Waals surface area contributed by atoms with Crippen molar-refractivity contribution in [3.63, 3.8) is 0 Å². The number of unbranched alkanes of at least 4 members (excludes halogenated alkanes) is 56. The first-order valence-electron chi connectivity index (χ1n) is 36.6. The Morgan fingerprint density at radius 1 is 0.338 bits per heavy atom. The number of esters is 1. The molecule has 3 N–H and O–H groups in total. The van der Waals surface area contributed by atoms with Gasteiger partial charge in [0.25, 0.3) is 0 Å². The van der Waals surface area contributed by atoms with Crippen molar-refractivity contribution in [2.75, 3.05) is 13.2 Å². The van der Waals surface area contributed by atoms with E-state index in [0.717, 1.165) is 44.9 Å². The van der Waals surface area contributed by atoms with Gasteiger partial charge in [-0.25, -0.2) is 0 Å². The molecule has 0 aromatic carbocycles. The second-order valence-electron chi connectivity index (χ2n) is 25.3. The molecule has 0 aliphatic heterocycles. The Bertz CT molecular complexity index is 1250. The van der Waals surface area contributed by atoms with Crippen molar-refractivity contribution in [2.45, 2.75) is 424 Å². The third-order valence-corrected chi connectivity index (χ3v) is 17.2. The van der Waals surface area contributed by atoms with Crippen LogP contribution in [-0.4, -0.2) is 47.4 Å². The van der Waals surface area contributed by atoms with Crippen molar-refractivity contribution >= 4 is 11.9 Å². The summed E-state index contributed by atoms with van der Waals surface area (Å²) in [6, 6.07) is -0.623. The van der Waals surface area contributed by atoms with E-state index < -0.39 is 12.1 Å². The molecule has 0 aromatic rings. The molecule has 0 aromatic heterocycles. The summed E-state index contributed by atoms with van der Waals surface area (Å²) in [5.74, 6) is -0.0463. The molecule has 0 saturated carbocycles. The first-order chi connectivity index (χ1) is 39.5. The summed E-state index contributed by atoms with van der Waals surface area (Å²) >= 11 is 0. The predicted octanol–water partition coefficient (Wildman–Crippen LogP) is 23.7. The molecule has 0 fully saturated rings. The van der Waals surface area contributed by atoms with E-state index in [4.69, 9.17) is 4.74 Å². The molecule has 2 unspecified atom stereocenters. The lowest BCUT2D eigenvalue weighted by molar-refractivity contribution is -0.143. The van der Waals surface area contributed by atoms with Crippen molar-refractivity contribution in [3.05, 3.63) is 24.3 Å². The number of hydrogen-bond donors (Lipinski definition) is 3. The third-order valence-electron chi connectivity index (χ3n) is 17.2. The standard InChI is InChI=1S/C74H143NO5/c1-3-5-7-9-11-13-15-17-38-42-46-50-54-58-62-66-72(77)71(70-76)75-73(78)67-63-59-55-51-47-43-40-36-34-32-30-28-26-24-22-20-19-21-23-25-27-29-31-33-35-37-41-45-49-53-57-61-65-69-80-74(79)68-64-60-56-52-48-44-39-18-16-14-12-10-8-6-4-2/h18,39,62,66,71-72,76-77H,3-17,19-38,40-61,63-65,67-70H2,1-2H3,(H,75,78)/b39-18-,66-62+. The van der Waals surface area contributed by atoms with Gasteiger partial charge in [-0.1, -0.05) is 366 Å². The maximum Gasteiger partial charge on any atom is 0.305 e. The third kappa shape index (κ3) is 65.5. The van der Waals surface area contributed by atoms with Gasteiger partial charge >= 0.3 is 5.97 Å². The number of aliphatic hydroxyl groups excluding tert-OH is 2. The monoisotopic (exact) mass is 1130 g/mol. The first-order valence-corrected chi connectivity index (χ1v) is 36.6. The largest absolute Gasteiger partial charge is 0.466 e. The summed E-state index contributed by atoms with van der Waals surface area (Å²) in [5.41, 5.74) is 0. The van der Waals surface area contributed by atoms with E-state index in [9.17, 15) is 19.8 Å². The fourth-order valence-corrected chi connectivity index (χ4v) is 11.6. The topological polar surface area (TPSA) is 95.9 Å². The molecule has 6 heteroatoms. The van der Waals surface area contributed by atoms with Crippen LogP contribution in [0, 0.1) is 0 Å². The Kier molecular flexibility index (Phi) is 68.4. The highest BCUT2D eigenvalue weighted by Crippen LogP contribution is 2.19. The minimum absolute atomic E-state index is 0.0141. The minimum atomic E-state index is -0.840. The first kappa shape index (κ1) is 78.3. The van der Waals surface area contributed by atoms with Gasteiger partial charge < -0.3 is 20.3 Å². The second kappa shape index (κ2) is 69.8. The van der Waals surface area contributed by atoms with Gasteiger partial charge in [0.15, 0.2) is 0 Å². The Balaban J connectivity index is 3.32. The zero-order chi connectivity index (χ0) is 57.8. The van der Waals surface area contributed by atoms with E-state index in [1.54, 1.807) is 6.08 Å². The van der Waals surface area contributed by atoms with E-state index >= 15 is 0 Å². The van der Waals surface area contributed by atoms with Crippen molar-refractivity contribution in [3.8, 4) is 0 Å². The number of carbonyl (C=O) groups excluding carboxylic acids is 2. The van der Waals surface area contributed by atoms with Crippen LogP contribution in [0.2, 0.25) is 0 Å². The van der Waals surface area contributed by atoms with Crippen molar-refractivity contribution in [1.82, 2.24) is 5.32 Å². The molecule has 1 amide bonds. The molecular weight excluding hydrogens is 983 g/mol. The van der Waals surface area contributed by atoms with Crippen LogP contribution >= 0.6 is 0 Å². The van der Waals surface area contributed by atoms with Crippen LogP contribution in [0.15, 0.2) is 24.3 Å². The number of ether oxygens (including phenoxy) is 1. The van der Waals surface area contributed by atoms with E-state index in [2.05, 4.69) is 31.3 Å². The fourth-order valence-electron chi connectivity index (χ4n) is 11.6. The van der Waals surface area contributed by atoms with Gasteiger partial charge in [-0.2, -0.15) is 0 Å². The average Bonchev–Trinajstić information content (AvgIpc) is 3.46. The highest BCUT2D eigenvalue weighted by Gasteiger charge is 2.18. The number of amides is 1. The SMILES string of the molecule is CCCCCCCC/C=C\CCCCCCCC(=O)OCCCCCCCCCCCCCCCCCCCCCCCCCCCCCCCCCCCC(=O)NC(CO)C(O)/C=C/CCCCCCCCCCCCCCC. The smallest absolute Gasteiger partial charge is 0.305 e. The molecule has 6 nitrogen and oxygen atoms in total. The van der Waals surface area contributed by atoms with E-state index in [-0.39, 0.29) is 18.5 Å². The Morgan fingerprint density at radius 3 is 0.887 bits per heavy atom. The van der Waals surface area contributed by atoms with Gasteiger partial charge in [0.05, 0.1) is 25.4 Å². The summed E-state index contributed by atoms with van der Waals surface area (Å²) in [7, 11) is 0. The Hall–Kier alpha value is -1.66. The lowest BCUT2D eigenvalue weighted by Gasteiger charge is -2.20. The summed E-state index contributed by atoms with van der Waals surface area (Å²) in [5, 5.41) is 23.2. The zero-order valence-electron chi connectivity index (χ0n) is 54.3. The molecular formula is C74H143NO5. The van der Waals surface area contributed by atoms with Gasteiger partial charge in [-0.3, -0.25) is 9.59 Å². The van der Waals surface area contributed by atoms with Crippen LogP contribution in [0.3, 0.4) is 0 Å². The molecule has 0 rings (SSSR count). The summed E-state index contributed by atoms with van der Waals surface area (Å²) < 4.78 is 5.50. The minimum Gasteiger partial charge on any atom is -0.466 e. The predicted molar refractivity (Wildman–Crippen MR) is 352 cm³/mol. The number of carbonyl (C=O) groups is 2. The van der Waals surface area contributed by atoms with Gasteiger partial charge in [-0.15, -0.1) is 0 Å². The number of hydrogen-bond acceptors (Lipinski definition) is 5. The van der Waals surface area contributed by atoms with Crippen LogP contribution in [0.25, 0.3) is 0 Å². The number of nitrogens with one attached hydrogen (secondary N) is 1. The summed E-state index contributed by atoms with van der Waals surface area (Å²) in [6.45, 7) is 4.93. The molecule has 0 heterocycles. The average molecular weight is 1130 g/mol. The molecule has 0 saturated heterocycles. The molecule has 0 aliphatic rings. The second-order valence-corrected chi connectivity index (χ2v) is 25.3. The lowest BCUT2D eigenvalue weighted by atomic mass is 10.0. The number of rotatable bonds is 69. The van der Waals surface area contributed by atoms with E-state index in [1.165, 1.54) is 340 Å². The molecule has 0 spiro atoms. The van der Waals surface area contributed by atoms with Gasteiger partial charge in [0, 0.05) is 12.8 Å². The maximum atomic E-state index is 12.5. The number of aliphatic hydroxyl groups is 2. The molecule has 2 atom stereocenters. The highest BCUT2D eigenvalue weighted by atomic mass is 16.5. The van der Waals surface area contributed by atoms with E-state index in [0.29, 0.717) is 19.4 Å². The van der Waals surface area contributed by atoms with Crippen molar-refractivity contribution in [2.24, 2.45) is 0 Å². The highest BCUT2D eigenvalue weighted by molar-refractivity contribution is 5.76. The van der Waals surface area contributed by atoms with Crippen LogP contribution in [-0.2, 0) is 14.3 Å². The fraction of sp³-hybridized carbons (Fsp3) is 0.919. The normalized spacial score (nSPS) is 12.6. The lowest BCUT2D eigenvalue weighted by Crippen LogP contribution is -2.45. The Morgan fingerprint density at radius 2 is 0.588 bits per heavy atom. The van der Waals surface area contributed by atoms with Crippen LogP contribution in [0.4, 0.5) is 0 Å². The molecule has 0 radical (unpaired) electrons. The molecule has 80 heavy (non-hydrogen) atoms. The molecule has 0 bridgehead atoms. The summed E-state index contributed by atoms with van der Waals surface area (Å²) in [4.78, 5) is 24.6. The Labute approximate surface area is 501 Å². The van der Waals surface area contributed by atoms with Crippen LogP contribution < -0.4 is 5.32 Å². The maximum absolute atomic E-state index is 12.5. The van der Waals surface area contributed by atoms with Gasteiger partial charge in [0.2, 0.25) is 5.91 Å². The molecule has 0 aliphatic carbocycles. The van der Waals surface area contributed by atoms with Crippen molar-refractivity contribution in [1.29, 1.82) is 0 Å².